The smallest absolute Gasteiger partial charge is 0.306 e. The molecule has 2 atom stereocenters. The number of halogens is 1. The monoisotopic (exact) mass is 349 g/mol. The van der Waals surface area contributed by atoms with Crippen molar-refractivity contribution in [3.63, 3.8) is 0 Å². The van der Waals surface area contributed by atoms with E-state index >= 15 is 0 Å². The molecule has 1 aromatic rings. The highest BCUT2D eigenvalue weighted by atomic mass is 19.1. The first-order valence-electron chi connectivity index (χ1n) is 8.84. The van der Waals surface area contributed by atoms with Gasteiger partial charge in [0.15, 0.2) is 0 Å². The summed E-state index contributed by atoms with van der Waals surface area (Å²) < 4.78 is 18.6. The van der Waals surface area contributed by atoms with Crippen molar-refractivity contribution in [2.45, 2.75) is 44.1 Å². The van der Waals surface area contributed by atoms with Crippen LogP contribution in [0.4, 0.5) is 4.39 Å². The van der Waals surface area contributed by atoms with E-state index in [-0.39, 0.29) is 17.6 Å². The van der Waals surface area contributed by atoms with Crippen LogP contribution in [0.2, 0.25) is 0 Å². The van der Waals surface area contributed by atoms with Gasteiger partial charge in [-0.25, -0.2) is 4.39 Å². The van der Waals surface area contributed by atoms with Crippen molar-refractivity contribution in [1.29, 1.82) is 0 Å². The van der Waals surface area contributed by atoms with Gasteiger partial charge in [0.25, 0.3) is 0 Å². The van der Waals surface area contributed by atoms with Gasteiger partial charge in [-0.05, 0) is 56.2 Å². The second kappa shape index (κ2) is 7.52. The van der Waals surface area contributed by atoms with Crippen molar-refractivity contribution >= 4 is 11.9 Å². The number of hydrogen-bond donors (Lipinski definition) is 2. The highest BCUT2D eigenvalue weighted by Gasteiger charge is 2.39. The lowest BCUT2D eigenvalue weighted by molar-refractivity contribution is -0.141. The lowest BCUT2D eigenvalue weighted by Gasteiger charge is -2.39. The predicted octanol–water partition coefficient (Wildman–Crippen LogP) is 2.53. The molecule has 2 N–H and O–H groups in total. The van der Waals surface area contributed by atoms with E-state index in [1.165, 1.54) is 12.1 Å². The van der Waals surface area contributed by atoms with E-state index in [1.54, 1.807) is 12.1 Å². The molecule has 0 spiro atoms. The van der Waals surface area contributed by atoms with Crippen molar-refractivity contribution in [3.05, 3.63) is 35.6 Å². The minimum absolute atomic E-state index is 0.0623. The first-order valence-corrected chi connectivity index (χ1v) is 8.84. The van der Waals surface area contributed by atoms with Crippen LogP contribution >= 0.6 is 0 Å². The molecular weight excluding hydrogens is 325 g/mol. The molecule has 1 aliphatic carbocycles. The van der Waals surface area contributed by atoms with E-state index in [9.17, 15) is 14.0 Å². The molecule has 1 heterocycles. The molecule has 0 unspecified atom stereocenters. The molecule has 1 amide bonds. The Morgan fingerprint density at radius 3 is 2.40 bits per heavy atom. The summed E-state index contributed by atoms with van der Waals surface area (Å²) in [5.41, 5.74) is 0.563. The van der Waals surface area contributed by atoms with Crippen LogP contribution in [0.15, 0.2) is 24.3 Å². The number of amides is 1. The number of carbonyl (C=O) groups is 2. The van der Waals surface area contributed by atoms with Crippen LogP contribution in [0, 0.1) is 17.7 Å². The zero-order valence-corrected chi connectivity index (χ0v) is 14.2. The summed E-state index contributed by atoms with van der Waals surface area (Å²) in [5.74, 6) is -1.82. The SMILES string of the molecule is O=C(O)[C@@H]1CC[C@H](C(=O)NC2(Cc3ccc(F)cc3)CCOCC2)C1. The Morgan fingerprint density at radius 1 is 1.16 bits per heavy atom. The summed E-state index contributed by atoms with van der Waals surface area (Å²) in [5, 5.41) is 12.3. The van der Waals surface area contributed by atoms with Crippen molar-refractivity contribution in [1.82, 2.24) is 5.32 Å². The number of ether oxygens (including phenoxy) is 1. The maximum Gasteiger partial charge on any atom is 0.306 e. The summed E-state index contributed by atoms with van der Waals surface area (Å²) in [6, 6.07) is 6.35. The van der Waals surface area contributed by atoms with E-state index in [2.05, 4.69) is 5.32 Å². The Labute approximate surface area is 146 Å². The Morgan fingerprint density at radius 2 is 1.80 bits per heavy atom. The number of carbonyl (C=O) groups excluding carboxylic acids is 1. The van der Waals surface area contributed by atoms with Crippen LogP contribution in [-0.2, 0) is 20.7 Å². The van der Waals surface area contributed by atoms with Crippen LogP contribution in [0.3, 0.4) is 0 Å². The molecule has 136 valence electrons. The lowest BCUT2D eigenvalue weighted by Crippen LogP contribution is -2.54. The Balaban J connectivity index is 1.69. The van der Waals surface area contributed by atoms with Gasteiger partial charge < -0.3 is 15.2 Å². The first-order chi connectivity index (χ1) is 12.0. The van der Waals surface area contributed by atoms with Crippen molar-refractivity contribution in [3.8, 4) is 0 Å². The largest absolute Gasteiger partial charge is 0.481 e. The number of benzene rings is 1. The molecule has 1 aliphatic heterocycles. The predicted molar refractivity (Wildman–Crippen MR) is 89.5 cm³/mol. The molecule has 1 aromatic carbocycles. The van der Waals surface area contributed by atoms with Gasteiger partial charge in [-0.15, -0.1) is 0 Å². The highest BCUT2D eigenvalue weighted by molar-refractivity contribution is 5.81. The lowest BCUT2D eigenvalue weighted by atomic mass is 9.83. The van der Waals surface area contributed by atoms with E-state index in [0.29, 0.717) is 51.7 Å². The van der Waals surface area contributed by atoms with Crippen LogP contribution in [-0.4, -0.2) is 35.7 Å². The number of aliphatic carboxylic acids is 1. The zero-order valence-electron chi connectivity index (χ0n) is 14.2. The fourth-order valence-corrected chi connectivity index (χ4v) is 3.91. The minimum atomic E-state index is -0.817. The Bertz CT molecular complexity index is 625. The molecule has 0 aromatic heterocycles. The van der Waals surface area contributed by atoms with E-state index in [0.717, 1.165) is 5.56 Å². The number of carboxylic acids is 1. The fourth-order valence-electron chi connectivity index (χ4n) is 3.91. The summed E-state index contributed by atoms with van der Waals surface area (Å²) in [6.07, 6.45) is 3.60. The van der Waals surface area contributed by atoms with Gasteiger partial charge >= 0.3 is 5.97 Å². The van der Waals surface area contributed by atoms with Crippen molar-refractivity contribution < 1.29 is 23.8 Å². The molecule has 2 aliphatic rings. The van der Waals surface area contributed by atoms with Gasteiger partial charge in [-0.3, -0.25) is 9.59 Å². The normalized spacial score (nSPS) is 25.5. The number of hydrogen-bond acceptors (Lipinski definition) is 3. The van der Waals surface area contributed by atoms with Crippen molar-refractivity contribution in [2.24, 2.45) is 11.8 Å². The summed E-state index contributed by atoms with van der Waals surface area (Å²) in [4.78, 5) is 23.8. The third-order valence-corrected chi connectivity index (χ3v) is 5.45. The molecule has 3 rings (SSSR count). The Kier molecular flexibility index (Phi) is 5.37. The maximum absolute atomic E-state index is 13.1. The summed E-state index contributed by atoms with van der Waals surface area (Å²) in [6.45, 7) is 1.15. The summed E-state index contributed by atoms with van der Waals surface area (Å²) >= 11 is 0. The van der Waals surface area contributed by atoms with Gasteiger partial charge in [-0.1, -0.05) is 12.1 Å². The molecule has 25 heavy (non-hydrogen) atoms. The second-order valence-corrected chi connectivity index (χ2v) is 7.23. The maximum atomic E-state index is 13.1. The second-order valence-electron chi connectivity index (χ2n) is 7.23. The van der Waals surface area contributed by atoms with Gasteiger partial charge in [0.1, 0.15) is 5.82 Å². The van der Waals surface area contributed by atoms with E-state index < -0.39 is 17.4 Å². The van der Waals surface area contributed by atoms with E-state index in [4.69, 9.17) is 9.84 Å². The van der Waals surface area contributed by atoms with Gasteiger partial charge in [0.05, 0.1) is 5.92 Å². The zero-order chi connectivity index (χ0) is 17.9. The topological polar surface area (TPSA) is 75.6 Å². The minimum Gasteiger partial charge on any atom is -0.481 e. The molecule has 2 fully saturated rings. The quantitative estimate of drug-likeness (QED) is 0.857. The first kappa shape index (κ1) is 17.9. The number of rotatable bonds is 5. The van der Waals surface area contributed by atoms with Crippen LogP contribution in [0.25, 0.3) is 0 Å². The summed E-state index contributed by atoms with van der Waals surface area (Å²) in [7, 11) is 0. The third kappa shape index (κ3) is 4.37. The van der Waals surface area contributed by atoms with Gasteiger partial charge in [-0.2, -0.15) is 0 Å². The molecule has 1 saturated heterocycles. The van der Waals surface area contributed by atoms with Crippen LogP contribution in [0.1, 0.15) is 37.7 Å². The molecule has 0 radical (unpaired) electrons. The molecule has 6 heteroatoms. The molecule has 5 nitrogen and oxygen atoms in total. The number of carboxylic acid groups (broad SMARTS) is 1. The van der Waals surface area contributed by atoms with Gasteiger partial charge in [0, 0.05) is 24.7 Å². The van der Waals surface area contributed by atoms with E-state index in [1.807, 2.05) is 0 Å². The molecular formula is C19H24FNO4. The number of nitrogens with one attached hydrogen (secondary N) is 1. The highest BCUT2D eigenvalue weighted by Crippen LogP contribution is 2.33. The third-order valence-electron chi connectivity index (χ3n) is 5.45. The standard InChI is InChI=1S/C19H24FNO4/c20-16-5-1-13(2-6-16)12-19(7-9-25-10-8-19)21-17(22)14-3-4-15(11-14)18(23)24/h1-2,5-6,14-15H,3-4,7-12H2,(H,21,22)(H,23,24)/t14-,15+/m0/s1. The van der Waals surface area contributed by atoms with Gasteiger partial charge in [0.2, 0.25) is 5.91 Å². The molecule has 0 bridgehead atoms. The van der Waals surface area contributed by atoms with Crippen LogP contribution in [0.5, 0.6) is 0 Å². The fraction of sp³-hybridized carbons (Fsp3) is 0.579. The average molecular weight is 349 g/mol. The average Bonchev–Trinajstić information content (AvgIpc) is 3.08. The Hall–Kier alpha value is -1.95. The van der Waals surface area contributed by atoms with Crippen molar-refractivity contribution in [2.75, 3.05) is 13.2 Å². The molecule has 1 saturated carbocycles. The van der Waals surface area contributed by atoms with Crippen LogP contribution < -0.4 is 5.32 Å².